The fourth-order valence-electron chi connectivity index (χ4n) is 1.81. The summed E-state index contributed by atoms with van der Waals surface area (Å²) in [5, 5.41) is 13.6. The van der Waals surface area contributed by atoms with Crippen molar-refractivity contribution in [3.8, 4) is 0 Å². The fourth-order valence-corrected chi connectivity index (χ4v) is 2.27. The van der Waals surface area contributed by atoms with Gasteiger partial charge in [-0.2, -0.15) is 0 Å². The van der Waals surface area contributed by atoms with E-state index >= 15 is 0 Å². The molecule has 1 aliphatic rings. The molecule has 1 heterocycles. The van der Waals surface area contributed by atoms with Gasteiger partial charge in [0.15, 0.2) is 5.11 Å². The Labute approximate surface area is 131 Å². The molecule has 0 unspecified atom stereocenters. The second kappa shape index (κ2) is 6.79. The lowest BCUT2D eigenvalue weighted by molar-refractivity contribution is -0.384. The number of nitrogens with zero attached hydrogens (tertiary/aromatic N) is 2. The predicted octanol–water partition coefficient (Wildman–Crippen LogP) is 1.60. The third kappa shape index (κ3) is 3.87. The van der Waals surface area contributed by atoms with Gasteiger partial charge in [0, 0.05) is 24.7 Å². The van der Waals surface area contributed by atoms with Crippen LogP contribution in [0.4, 0.5) is 5.69 Å². The summed E-state index contributed by atoms with van der Waals surface area (Å²) in [7, 11) is 0. The minimum atomic E-state index is -0.639. The van der Waals surface area contributed by atoms with E-state index in [2.05, 4.69) is 5.32 Å². The molecule has 0 bridgehead atoms. The Morgan fingerprint density at radius 2 is 2.10 bits per heavy atom. The monoisotopic (exact) mass is 329 g/mol. The Morgan fingerprint density at radius 3 is 2.71 bits per heavy atom. The van der Waals surface area contributed by atoms with E-state index in [4.69, 9.17) is 28.6 Å². The number of morpholine rings is 1. The molecule has 0 spiro atoms. The van der Waals surface area contributed by atoms with Crippen molar-refractivity contribution in [3.63, 3.8) is 0 Å². The molecule has 1 fully saturated rings. The van der Waals surface area contributed by atoms with Crippen molar-refractivity contribution in [1.29, 1.82) is 0 Å². The van der Waals surface area contributed by atoms with Crippen LogP contribution in [0.3, 0.4) is 0 Å². The van der Waals surface area contributed by atoms with E-state index in [0.717, 1.165) is 6.07 Å². The Morgan fingerprint density at radius 1 is 1.43 bits per heavy atom. The summed E-state index contributed by atoms with van der Waals surface area (Å²) in [6.07, 6.45) is 0. The largest absolute Gasteiger partial charge is 0.378 e. The van der Waals surface area contributed by atoms with Crippen molar-refractivity contribution in [2.24, 2.45) is 0 Å². The summed E-state index contributed by atoms with van der Waals surface area (Å²) in [6, 6.07) is 3.85. The molecule has 0 aromatic heterocycles. The lowest BCUT2D eigenvalue weighted by Gasteiger charge is -2.28. The van der Waals surface area contributed by atoms with Crippen molar-refractivity contribution in [2.45, 2.75) is 0 Å². The normalized spacial score (nSPS) is 14.6. The zero-order valence-electron chi connectivity index (χ0n) is 10.9. The van der Waals surface area contributed by atoms with Gasteiger partial charge in [-0.05, 0) is 24.4 Å². The molecule has 1 saturated heterocycles. The van der Waals surface area contributed by atoms with Crippen molar-refractivity contribution < 1.29 is 14.5 Å². The summed E-state index contributed by atoms with van der Waals surface area (Å²) in [4.78, 5) is 24.0. The summed E-state index contributed by atoms with van der Waals surface area (Å²) < 4.78 is 5.19. The van der Waals surface area contributed by atoms with Crippen LogP contribution < -0.4 is 5.32 Å². The predicted molar refractivity (Wildman–Crippen MR) is 80.6 cm³/mol. The number of nitro benzene ring substituents is 1. The number of hydrogen-bond acceptors (Lipinski definition) is 5. The van der Waals surface area contributed by atoms with E-state index < -0.39 is 10.8 Å². The number of rotatable bonds is 2. The molecule has 1 aromatic carbocycles. The summed E-state index contributed by atoms with van der Waals surface area (Å²) >= 11 is 10.8. The van der Waals surface area contributed by atoms with Crippen molar-refractivity contribution in [3.05, 3.63) is 38.9 Å². The first-order valence-electron chi connectivity index (χ1n) is 6.11. The molecule has 112 valence electrons. The van der Waals surface area contributed by atoms with E-state index in [1.807, 2.05) is 0 Å². The van der Waals surface area contributed by atoms with E-state index in [9.17, 15) is 14.9 Å². The quantitative estimate of drug-likeness (QED) is 0.504. The van der Waals surface area contributed by atoms with Gasteiger partial charge in [-0.3, -0.25) is 20.2 Å². The molecule has 1 aromatic rings. The maximum absolute atomic E-state index is 12.1. The standard InChI is InChI=1S/C12H12ClN3O4S/c13-9-2-1-8(7-10(9)16(18)19)11(17)14-12(21)15-3-5-20-6-4-15/h1-2,7H,3-6H2,(H,14,17,21). The van der Waals surface area contributed by atoms with E-state index in [1.54, 1.807) is 4.90 Å². The number of benzene rings is 1. The van der Waals surface area contributed by atoms with Gasteiger partial charge in [-0.1, -0.05) is 11.6 Å². The third-order valence-corrected chi connectivity index (χ3v) is 3.60. The van der Waals surface area contributed by atoms with Crippen LogP contribution in [0.1, 0.15) is 10.4 Å². The zero-order chi connectivity index (χ0) is 15.4. The van der Waals surface area contributed by atoms with Crippen LogP contribution in [0.2, 0.25) is 5.02 Å². The summed E-state index contributed by atoms with van der Waals surface area (Å²) in [5.74, 6) is -0.508. The van der Waals surface area contributed by atoms with Gasteiger partial charge in [-0.15, -0.1) is 0 Å². The molecule has 1 N–H and O–H groups in total. The number of halogens is 1. The maximum atomic E-state index is 12.1. The van der Waals surface area contributed by atoms with Gasteiger partial charge in [0.2, 0.25) is 0 Å². The minimum Gasteiger partial charge on any atom is -0.378 e. The number of nitrogens with one attached hydrogen (secondary N) is 1. The molecule has 0 atom stereocenters. The number of carbonyl (C=O) groups excluding carboxylic acids is 1. The minimum absolute atomic E-state index is 0.0210. The second-order valence-electron chi connectivity index (χ2n) is 4.28. The van der Waals surface area contributed by atoms with E-state index in [0.29, 0.717) is 26.3 Å². The van der Waals surface area contributed by atoms with Gasteiger partial charge in [0.1, 0.15) is 5.02 Å². The van der Waals surface area contributed by atoms with Crippen LogP contribution in [-0.4, -0.2) is 47.1 Å². The highest BCUT2D eigenvalue weighted by atomic mass is 35.5. The average molecular weight is 330 g/mol. The van der Waals surface area contributed by atoms with Gasteiger partial charge < -0.3 is 9.64 Å². The lowest BCUT2D eigenvalue weighted by atomic mass is 10.2. The number of carbonyl (C=O) groups is 1. The molecule has 7 nitrogen and oxygen atoms in total. The molecule has 1 aliphatic heterocycles. The first-order valence-corrected chi connectivity index (χ1v) is 6.89. The van der Waals surface area contributed by atoms with Crippen molar-refractivity contribution >= 4 is 40.5 Å². The number of nitro groups is 1. The van der Waals surface area contributed by atoms with Crippen LogP contribution in [0.15, 0.2) is 18.2 Å². The highest BCUT2D eigenvalue weighted by Gasteiger charge is 2.19. The molecule has 0 aliphatic carbocycles. The van der Waals surface area contributed by atoms with Crippen LogP contribution in [-0.2, 0) is 4.74 Å². The summed E-state index contributed by atoms with van der Waals surface area (Å²) in [6.45, 7) is 2.28. The summed E-state index contributed by atoms with van der Waals surface area (Å²) in [5.41, 5.74) is -0.191. The van der Waals surface area contributed by atoms with Gasteiger partial charge in [0.05, 0.1) is 18.1 Å². The maximum Gasteiger partial charge on any atom is 0.288 e. The Kier molecular flexibility index (Phi) is 5.05. The van der Waals surface area contributed by atoms with Crippen molar-refractivity contribution in [2.75, 3.05) is 26.3 Å². The Bertz CT molecular complexity index is 590. The average Bonchev–Trinajstić information content (AvgIpc) is 2.48. The van der Waals surface area contributed by atoms with Crippen LogP contribution in [0.25, 0.3) is 0 Å². The highest BCUT2D eigenvalue weighted by molar-refractivity contribution is 7.80. The molecule has 9 heteroatoms. The van der Waals surface area contributed by atoms with Crippen molar-refractivity contribution in [1.82, 2.24) is 10.2 Å². The number of ether oxygens (including phenoxy) is 1. The SMILES string of the molecule is O=C(NC(=S)N1CCOCC1)c1ccc(Cl)c([N+](=O)[O-])c1. The first kappa shape index (κ1) is 15.6. The molecule has 1 amide bonds. The van der Waals surface area contributed by atoms with Gasteiger partial charge in [-0.25, -0.2) is 0 Å². The second-order valence-corrected chi connectivity index (χ2v) is 5.08. The van der Waals surface area contributed by atoms with Crippen LogP contribution >= 0.6 is 23.8 Å². The molecular weight excluding hydrogens is 318 g/mol. The van der Waals surface area contributed by atoms with Crippen LogP contribution in [0.5, 0.6) is 0 Å². The topological polar surface area (TPSA) is 84.7 Å². The smallest absolute Gasteiger partial charge is 0.288 e. The lowest BCUT2D eigenvalue weighted by Crippen LogP contribution is -2.47. The number of hydrogen-bond donors (Lipinski definition) is 1. The van der Waals surface area contributed by atoms with Gasteiger partial charge in [0.25, 0.3) is 11.6 Å². The third-order valence-electron chi connectivity index (χ3n) is 2.92. The molecule has 2 rings (SSSR count). The van der Waals surface area contributed by atoms with Gasteiger partial charge >= 0.3 is 0 Å². The molecule has 0 saturated carbocycles. The molecule has 21 heavy (non-hydrogen) atoms. The van der Waals surface area contributed by atoms with E-state index in [1.165, 1.54) is 12.1 Å². The number of amides is 1. The zero-order valence-corrected chi connectivity index (χ0v) is 12.4. The number of thiocarbonyl (C=S) groups is 1. The molecular formula is C12H12ClN3O4S. The van der Waals surface area contributed by atoms with E-state index in [-0.39, 0.29) is 21.4 Å². The fraction of sp³-hybridized carbons (Fsp3) is 0.333. The first-order chi connectivity index (χ1) is 9.99. The Balaban J connectivity index is 2.07. The molecule has 0 radical (unpaired) electrons. The highest BCUT2D eigenvalue weighted by Crippen LogP contribution is 2.25. The van der Waals surface area contributed by atoms with Crippen LogP contribution in [0, 0.1) is 10.1 Å². The Hall–Kier alpha value is -1.77.